The molecule has 6 heteroatoms. The number of carbonyl (C=O) groups excluding carboxylic acids is 2. The monoisotopic (exact) mass is 389 g/mol. The lowest BCUT2D eigenvalue weighted by Gasteiger charge is -2.13. The zero-order valence-electron chi connectivity index (χ0n) is 11.2. The first-order chi connectivity index (χ1) is 9.66. The highest BCUT2D eigenvalue weighted by Crippen LogP contribution is 2.26. The number of fused-ring (bicyclic) bond motifs is 1. The lowest BCUT2D eigenvalue weighted by Crippen LogP contribution is -2.31. The number of ether oxygens (including phenoxy) is 2. The quantitative estimate of drug-likeness (QED) is 0.407. The summed E-state index contributed by atoms with van der Waals surface area (Å²) in [7, 11) is 1.61. The van der Waals surface area contributed by atoms with Gasteiger partial charge in [-0.05, 0) is 41.1 Å². The Balaban J connectivity index is 1.91. The van der Waals surface area contributed by atoms with Crippen LogP contribution in [0.5, 0.6) is 0 Å². The molecule has 0 unspecified atom stereocenters. The molecule has 0 fully saturated rings. The number of hydrogen-bond donors (Lipinski definition) is 0. The van der Waals surface area contributed by atoms with Crippen LogP contribution in [0.3, 0.4) is 0 Å². The van der Waals surface area contributed by atoms with E-state index >= 15 is 0 Å². The minimum atomic E-state index is -0.208. The molecule has 0 spiro atoms. The molecule has 1 heterocycles. The Morgan fingerprint density at radius 2 is 1.95 bits per heavy atom. The fourth-order valence-corrected chi connectivity index (χ4v) is 2.79. The molecule has 0 aliphatic carbocycles. The van der Waals surface area contributed by atoms with E-state index in [1.807, 2.05) is 6.07 Å². The van der Waals surface area contributed by atoms with Crippen LogP contribution in [0.25, 0.3) is 0 Å². The van der Waals surface area contributed by atoms with Gasteiger partial charge in [-0.25, -0.2) is 0 Å². The van der Waals surface area contributed by atoms with E-state index in [-0.39, 0.29) is 11.8 Å². The number of rotatable bonds is 7. The van der Waals surface area contributed by atoms with Crippen molar-refractivity contribution in [3.05, 3.63) is 32.9 Å². The summed E-state index contributed by atoms with van der Waals surface area (Å²) in [5.74, 6) is -0.410. The van der Waals surface area contributed by atoms with Crippen molar-refractivity contribution in [1.29, 1.82) is 0 Å². The van der Waals surface area contributed by atoms with Crippen molar-refractivity contribution in [3.8, 4) is 0 Å². The molecule has 0 atom stereocenters. The third kappa shape index (κ3) is 3.18. The number of hydrogen-bond acceptors (Lipinski definition) is 4. The molecular formula is C14H16INO4. The van der Waals surface area contributed by atoms with Gasteiger partial charge in [0.2, 0.25) is 0 Å². The zero-order valence-corrected chi connectivity index (χ0v) is 13.4. The van der Waals surface area contributed by atoms with Crippen LogP contribution in [0, 0.1) is 3.57 Å². The third-order valence-corrected chi connectivity index (χ3v) is 3.95. The van der Waals surface area contributed by atoms with Gasteiger partial charge in [0.1, 0.15) is 0 Å². The van der Waals surface area contributed by atoms with Crippen LogP contribution in [-0.4, -0.2) is 50.2 Å². The predicted molar refractivity (Wildman–Crippen MR) is 81.8 cm³/mol. The van der Waals surface area contributed by atoms with E-state index in [9.17, 15) is 9.59 Å². The molecule has 1 aromatic rings. The number of amides is 2. The minimum absolute atomic E-state index is 0.202. The molecule has 1 aliphatic heterocycles. The Hall–Kier alpha value is -0.990. The molecule has 5 nitrogen and oxygen atoms in total. The molecule has 1 aromatic carbocycles. The maximum Gasteiger partial charge on any atom is 0.262 e. The van der Waals surface area contributed by atoms with Crippen LogP contribution in [-0.2, 0) is 9.47 Å². The third-order valence-electron chi connectivity index (χ3n) is 3.05. The van der Waals surface area contributed by atoms with Crippen molar-refractivity contribution in [2.24, 2.45) is 0 Å². The maximum absolute atomic E-state index is 12.2. The Morgan fingerprint density at radius 1 is 1.15 bits per heavy atom. The number of benzene rings is 1. The van der Waals surface area contributed by atoms with Crippen molar-refractivity contribution >= 4 is 34.4 Å². The summed E-state index contributed by atoms with van der Waals surface area (Å²) in [5.41, 5.74) is 1.03. The van der Waals surface area contributed by atoms with Gasteiger partial charge in [0.05, 0.1) is 24.3 Å². The SMILES string of the molecule is COCCOCCCN1C(=O)c2cccc(I)c2C1=O. The van der Waals surface area contributed by atoms with Gasteiger partial charge in [0, 0.05) is 23.8 Å². The molecule has 0 saturated heterocycles. The summed E-state index contributed by atoms with van der Waals surface area (Å²) in [6.07, 6.45) is 0.631. The van der Waals surface area contributed by atoms with Crippen LogP contribution >= 0.6 is 22.6 Å². The van der Waals surface area contributed by atoms with Crippen molar-refractivity contribution in [1.82, 2.24) is 4.90 Å². The Labute approximate surface area is 131 Å². The highest BCUT2D eigenvalue weighted by atomic mass is 127. The Bertz CT molecular complexity index is 518. The second-order valence-corrected chi connectivity index (χ2v) is 5.55. The van der Waals surface area contributed by atoms with Crippen LogP contribution in [0.4, 0.5) is 0 Å². The first-order valence-corrected chi connectivity index (χ1v) is 7.46. The summed E-state index contributed by atoms with van der Waals surface area (Å²) in [6, 6.07) is 5.33. The average molecular weight is 389 g/mol. The molecular weight excluding hydrogens is 373 g/mol. The van der Waals surface area contributed by atoms with E-state index in [1.165, 1.54) is 4.90 Å². The van der Waals surface area contributed by atoms with Crippen molar-refractivity contribution in [3.63, 3.8) is 0 Å². The van der Waals surface area contributed by atoms with E-state index in [1.54, 1.807) is 19.2 Å². The molecule has 2 amide bonds. The lowest BCUT2D eigenvalue weighted by atomic mass is 10.1. The van der Waals surface area contributed by atoms with E-state index in [0.717, 1.165) is 3.57 Å². The van der Waals surface area contributed by atoms with E-state index < -0.39 is 0 Å². The van der Waals surface area contributed by atoms with Gasteiger partial charge in [0.25, 0.3) is 11.8 Å². The molecule has 0 radical (unpaired) electrons. The van der Waals surface area contributed by atoms with E-state index in [0.29, 0.717) is 43.9 Å². The molecule has 1 aliphatic rings. The summed E-state index contributed by atoms with van der Waals surface area (Å²) in [6.45, 7) is 1.96. The fraction of sp³-hybridized carbons (Fsp3) is 0.429. The average Bonchev–Trinajstić information content (AvgIpc) is 2.68. The summed E-state index contributed by atoms with van der Waals surface area (Å²) >= 11 is 2.08. The smallest absolute Gasteiger partial charge is 0.262 e. The summed E-state index contributed by atoms with van der Waals surface area (Å²) in [5, 5.41) is 0. The van der Waals surface area contributed by atoms with Gasteiger partial charge in [0.15, 0.2) is 0 Å². The molecule has 0 N–H and O–H groups in total. The maximum atomic E-state index is 12.2. The number of carbonyl (C=O) groups is 2. The van der Waals surface area contributed by atoms with Gasteiger partial charge < -0.3 is 9.47 Å². The second-order valence-electron chi connectivity index (χ2n) is 4.38. The van der Waals surface area contributed by atoms with Gasteiger partial charge in [-0.15, -0.1) is 0 Å². The van der Waals surface area contributed by atoms with Crippen molar-refractivity contribution < 1.29 is 19.1 Å². The summed E-state index contributed by atoms with van der Waals surface area (Å²) < 4.78 is 11.0. The fourth-order valence-electron chi connectivity index (χ4n) is 2.06. The number of methoxy groups -OCH3 is 1. The van der Waals surface area contributed by atoms with Crippen molar-refractivity contribution in [2.45, 2.75) is 6.42 Å². The van der Waals surface area contributed by atoms with Crippen LogP contribution in [0.1, 0.15) is 27.1 Å². The van der Waals surface area contributed by atoms with Crippen LogP contribution in [0.2, 0.25) is 0 Å². The topological polar surface area (TPSA) is 55.8 Å². The number of nitrogens with zero attached hydrogens (tertiary/aromatic N) is 1. The first-order valence-electron chi connectivity index (χ1n) is 6.38. The minimum Gasteiger partial charge on any atom is -0.382 e. The molecule has 0 aromatic heterocycles. The van der Waals surface area contributed by atoms with Crippen molar-refractivity contribution in [2.75, 3.05) is 33.5 Å². The predicted octanol–water partition coefficient (Wildman–Crippen LogP) is 1.94. The van der Waals surface area contributed by atoms with E-state index in [4.69, 9.17) is 9.47 Å². The van der Waals surface area contributed by atoms with Gasteiger partial charge in [-0.2, -0.15) is 0 Å². The van der Waals surface area contributed by atoms with Gasteiger partial charge >= 0.3 is 0 Å². The zero-order chi connectivity index (χ0) is 14.5. The van der Waals surface area contributed by atoms with Crippen LogP contribution in [0.15, 0.2) is 18.2 Å². The highest BCUT2D eigenvalue weighted by Gasteiger charge is 2.36. The highest BCUT2D eigenvalue weighted by molar-refractivity contribution is 14.1. The second kappa shape index (κ2) is 7.14. The molecule has 20 heavy (non-hydrogen) atoms. The molecule has 108 valence electrons. The first kappa shape index (κ1) is 15.4. The summed E-state index contributed by atoms with van der Waals surface area (Å²) in [4.78, 5) is 25.7. The number of imide groups is 1. The standard InChI is InChI=1S/C14H16INO4/c1-19-8-9-20-7-3-6-16-13(17)10-4-2-5-11(15)12(10)14(16)18/h2,4-5H,3,6-9H2,1H3. The molecule has 0 bridgehead atoms. The Kier molecular flexibility index (Phi) is 5.50. The van der Waals surface area contributed by atoms with Gasteiger partial charge in [-0.3, -0.25) is 14.5 Å². The van der Waals surface area contributed by atoms with E-state index in [2.05, 4.69) is 22.6 Å². The lowest BCUT2D eigenvalue weighted by molar-refractivity contribution is 0.0557. The van der Waals surface area contributed by atoms with Gasteiger partial charge in [-0.1, -0.05) is 6.07 Å². The van der Waals surface area contributed by atoms with Crippen LogP contribution < -0.4 is 0 Å². The number of halogens is 1. The largest absolute Gasteiger partial charge is 0.382 e. The normalized spacial score (nSPS) is 14.0. The Morgan fingerprint density at radius 3 is 2.65 bits per heavy atom. The molecule has 0 saturated carbocycles. The molecule has 2 rings (SSSR count).